The Hall–Kier alpha value is -0.640. The van der Waals surface area contributed by atoms with Crippen LogP contribution in [0.15, 0.2) is 11.5 Å². The van der Waals surface area contributed by atoms with E-state index in [1.54, 1.807) is 0 Å². The van der Waals surface area contributed by atoms with E-state index < -0.39 is 10.0 Å². The highest BCUT2D eigenvalue weighted by molar-refractivity contribution is 7.88. The van der Waals surface area contributed by atoms with Crippen molar-refractivity contribution in [3.05, 3.63) is 11.5 Å². The molecule has 0 radical (unpaired) electrons. The topological polar surface area (TPSA) is 48.1 Å². The van der Waals surface area contributed by atoms with Crippen molar-refractivity contribution in [2.45, 2.75) is 0 Å². The summed E-state index contributed by atoms with van der Waals surface area (Å²) in [4.78, 5) is 0. The van der Waals surface area contributed by atoms with E-state index in [0.29, 0.717) is 0 Å². The van der Waals surface area contributed by atoms with Gasteiger partial charge in [0.1, 0.15) is 0 Å². The van der Waals surface area contributed by atoms with Gasteiger partial charge in [-0.2, -0.15) is 14.5 Å². The molecular weight excluding hydrogens is 114 g/mol. The Morgan fingerprint density at radius 2 is 2.29 bits per heavy atom. The van der Waals surface area contributed by atoms with Crippen LogP contribution in [0.25, 0.3) is 0 Å². The quantitative estimate of drug-likeness (QED) is 0.368. The molecule has 7 heavy (non-hydrogen) atoms. The lowest BCUT2D eigenvalue weighted by Gasteiger charge is -1.75. The molecule has 0 aliphatic carbocycles. The summed E-state index contributed by atoms with van der Waals surface area (Å²) in [5.41, 5.74) is 0. The van der Waals surface area contributed by atoms with E-state index >= 15 is 0 Å². The Bertz CT molecular complexity index is 193. The minimum atomic E-state index is -3.09. The summed E-state index contributed by atoms with van der Waals surface area (Å²) in [6, 6.07) is 0. The van der Waals surface area contributed by atoms with E-state index in [9.17, 15) is 8.42 Å². The van der Waals surface area contributed by atoms with Crippen LogP contribution in [0.3, 0.4) is 0 Å². The van der Waals surface area contributed by atoms with Gasteiger partial charge in [0.25, 0.3) is 0 Å². The average Bonchev–Trinajstić information content (AvgIpc) is 1.84. The SMILES string of the molecule is O=S1(=O)C=C[C-]=[NH+]1. The van der Waals surface area contributed by atoms with Gasteiger partial charge in [-0.3, -0.25) is 0 Å². The predicted molar refractivity (Wildman–Crippen MR) is 24.0 cm³/mol. The van der Waals surface area contributed by atoms with Gasteiger partial charge in [-0.05, 0) is 5.41 Å². The second kappa shape index (κ2) is 1.16. The summed E-state index contributed by atoms with van der Waals surface area (Å²) in [5.74, 6) is 0. The molecule has 1 aliphatic rings. The number of nitrogens with one attached hydrogen (secondary N) is 1. The van der Waals surface area contributed by atoms with Gasteiger partial charge in [0.05, 0.1) is 6.21 Å². The molecular formula is C3H3NO2S. The third-order valence-electron chi connectivity index (χ3n) is 0.532. The Morgan fingerprint density at radius 3 is 2.43 bits per heavy atom. The maximum absolute atomic E-state index is 10.2. The summed E-state index contributed by atoms with van der Waals surface area (Å²) in [7, 11) is -3.09. The molecule has 4 heteroatoms. The maximum Gasteiger partial charge on any atom is 0.300 e. The molecule has 0 spiro atoms. The molecule has 1 N–H and O–H groups in total. The molecule has 0 saturated heterocycles. The van der Waals surface area contributed by atoms with Crippen LogP contribution in [0, 0.1) is 0 Å². The van der Waals surface area contributed by atoms with E-state index in [2.05, 4.69) is 6.21 Å². The van der Waals surface area contributed by atoms with Crippen molar-refractivity contribution in [3.63, 3.8) is 0 Å². The van der Waals surface area contributed by atoms with Crippen LogP contribution >= 0.6 is 0 Å². The van der Waals surface area contributed by atoms with Crippen LogP contribution in [0.5, 0.6) is 0 Å². The van der Waals surface area contributed by atoms with Crippen molar-refractivity contribution in [2.24, 2.45) is 0 Å². The smallest absolute Gasteiger partial charge is 0.230 e. The standard InChI is InChI=1S/C3H3NO2S/c5-7(6)3-1-2-4-7/h1,3-4H. The number of hydrogen-bond donors (Lipinski definition) is 1. The Morgan fingerprint density at radius 1 is 1.57 bits per heavy atom. The van der Waals surface area contributed by atoms with Crippen LogP contribution in [0.4, 0.5) is 0 Å². The van der Waals surface area contributed by atoms with Crippen molar-refractivity contribution < 1.29 is 12.8 Å². The van der Waals surface area contributed by atoms with Crippen LogP contribution in [-0.2, 0) is 10.0 Å². The molecule has 0 unspecified atom stereocenters. The van der Waals surface area contributed by atoms with Gasteiger partial charge >= 0.3 is 10.0 Å². The van der Waals surface area contributed by atoms with Crippen LogP contribution in [0.1, 0.15) is 0 Å². The van der Waals surface area contributed by atoms with Gasteiger partial charge in [-0.25, -0.2) is 4.40 Å². The molecule has 0 fully saturated rings. The molecule has 1 heterocycles. The lowest BCUT2D eigenvalue weighted by molar-refractivity contribution is -0.254. The first-order chi connectivity index (χ1) is 3.21. The second-order valence-electron chi connectivity index (χ2n) is 1.09. The molecule has 38 valence electrons. The predicted octanol–water partition coefficient (Wildman–Crippen LogP) is -2.13. The van der Waals surface area contributed by atoms with Gasteiger partial charge in [-0.15, -0.1) is 0 Å². The van der Waals surface area contributed by atoms with Gasteiger partial charge in [0.2, 0.25) is 0 Å². The van der Waals surface area contributed by atoms with E-state index in [1.807, 2.05) is 4.40 Å². The van der Waals surface area contributed by atoms with Crippen molar-refractivity contribution in [2.75, 3.05) is 0 Å². The van der Waals surface area contributed by atoms with Crippen molar-refractivity contribution in [1.29, 1.82) is 0 Å². The lowest BCUT2D eigenvalue weighted by atomic mass is 10.7. The number of hydrogen-bond acceptors (Lipinski definition) is 2. The van der Waals surface area contributed by atoms with Gasteiger partial charge in [0, 0.05) is 0 Å². The third-order valence-corrected chi connectivity index (χ3v) is 1.43. The van der Waals surface area contributed by atoms with Crippen molar-refractivity contribution in [1.82, 2.24) is 0 Å². The number of sulfonamides is 1. The van der Waals surface area contributed by atoms with Gasteiger partial charge in [0.15, 0.2) is 0 Å². The van der Waals surface area contributed by atoms with E-state index in [4.69, 9.17) is 0 Å². The molecule has 0 aromatic heterocycles. The largest absolute Gasteiger partial charge is 0.300 e. The first kappa shape index (κ1) is 4.52. The number of rotatable bonds is 0. The summed E-state index contributed by atoms with van der Waals surface area (Å²) in [6.45, 7) is 0. The minimum Gasteiger partial charge on any atom is -0.230 e. The molecule has 0 bridgehead atoms. The molecule has 0 aromatic rings. The zero-order valence-corrected chi connectivity index (χ0v) is 4.20. The monoisotopic (exact) mass is 117 g/mol. The fourth-order valence-electron chi connectivity index (χ4n) is 0.274. The van der Waals surface area contributed by atoms with Crippen LogP contribution in [0.2, 0.25) is 0 Å². The number of allylic oxidation sites excluding steroid dienone is 1. The normalized spacial score (nSPS) is 23.4. The molecule has 0 amide bonds. The Balaban J connectivity index is 3.25. The fraction of sp³-hybridized carbons (Fsp3) is 0. The lowest BCUT2D eigenvalue weighted by Crippen LogP contribution is -2.69. The minimum absolute atomic E-state index is 1.05. The molecule has 0 atom stereocenters. The van der Waals surface area contributed by atoms with Crippen LogP contribution < -0.4 is 4.40 Å². The summed E-state index contributed by atoms with van der Waals surface area (Å²) in [6.07, 6.45) is 3.61. The second-order valence-corrected chi connectivity index (χ2v) is 2.66. The summed E-state index contributed by atoms with van der Waals surface area (Å²) < 4.78 is 22.3. The van der Waals surface area contributed by atoms with Crippen molar-refractivity contribution >= 4 is 16.2 Å². The third kappa shape index (κ3) is 0.866. The molecule has 3 nitrogen and oxygen atoms in total. The highest BCUT2D eigenvalue weighted by atomic mass is 32.2. The highest BCUT2D eigenvalue weighted by Crippen LogP contribution is 1.77. The van der Waals surface area contributed by atoms with Gasteiger partial charge in [-0.1, -0.05) is 0 Å². The van der Waals surface area contributed by atoms with E-state index in [1.165, 1.54) is 6.08 Å². The van der Waals surface area contributed by atoms with E-state index in [-0.39, 0.29) is 0 Å². The highest BCUT2D eigenvalue weighted by Gasteiger charge is 1.99. The van der Waals surface area contributed by atoms with E-state index in [0.717, 1.165) is 5.41 Å². The molecule has 0 saturated carbocycles. The first-order valence-corrected chi connectivity index (χ1v) is 3.19. The van der Waals surface area contributed by atoms with Gasteiger partial charge < -0.3 is 0 Å². The van der Waals surface area contributed by atoms with Crippen molar-refractivity contribution in [3.8, 4) is 0 Å². The van der Waals surface area contributed by atoms with Crippen LogP contribution in [-0.4, -0.2) is 14.6 Å². The molecule has 0 aromatic carbocycles. The summed E-state index contributed by atoms with van der Waals surface area (Å²) in [5, 5.41) is 1.05. The average molecular weight is 117 g/mol. The zero-order chi connectivity index (χ0) is 5.33. The summed E-state index contributed by atoms with van der Waals surface area (Å²) >= 11 is 0. The molecule has 1 aliphatic heterocycles. The Labute approximate surface area is 41.4 Å². The first-order valence-electron chi connectivity index (χ1n) is 1.65. The fourth-order valence-corrected chi connectivity index (χ4v) is 0.821. The Kier molecular flexibility index (Phi) is 0.751. The maximum atomic E-state index is 10.2. The zero-order valence-electron chi connectivity index (χ0n) is 3.38. The molecule has 1 rings (SSSR count).